The number of Topliss-reactive ketones (excluding diaryl/α,β-unsaturated/α-hetero) is 2. The second-order valence-corrected chi connectivity index (χ2v) is 6.13. The molecular formula is C17H21NO3. The van der Waals surface area contributed by atoms with Crippen LogP contribution in [-0.2, 0) is 20.9 Å². The zero-order valence-corrected chi connectivity index (χ0v) is 12.8. The summed E-state index contributed by atoms with van der Waals surface area (Å²) in [5.74, 6) is 0.241. The molecule has 1 fully saturated rings. The molecule has 0 bridgehead atoms. The van der Waals surface area contributed by atoms with Gasteiger partial charge < -0.3 is 9.53 Å². The van der Waals surface area contributed by atoms with Crippen molar-refractivity contribution in [1.82, 2.24) is 4.90 Å². The molecule has 0 aliphatic carbocycles. The molecule has 3 rings (SSSR count). The lowest BCUT2D eigenvalue weighted by molar-refractivity contribution is -0.124. The van der Waals surface area contributed by atoms with Crippen molar-refractivity contribution in [1.29, 1.82) is 0 Å². The first-order valence-corrected chi connectivity index (χ1v) is 7.48. The summed E-state index contributed by atoms with van der Waals surface area (Å²) in [7, 11) is 0. The van der Waals surface area contributed by atoms with E-state index in [0.717, 1.165) is 6.54 Å². The Kier molecular flexibility index (Phi) is 3.68. The van der Waals surface area contributed by atoms with Gasteiger partial charge in [-0.25, -0.2) is 0 Å². The van der Waals surface area contributed by atoms with Crippen molar-refractivity contribution < 1.29 is 14.3 Å². The van der Waals surface area contributed by atoms with Gasteiger partial charge in [0, 0.05) is 13.0 Å². The summed E-state index contributed by atoms with van der Waals surface area (Å²) < 4.78 is 5.80. The molecule has 3 unspecified atom stereocenters. The van der Waals surface area contributed by atoms with E-state index in [2.05, 4.69) is 30.0 Å². The number of ether oxygens (including phenoxy) is 1. The molecule has 112 valence electrons. The average molecular weight is 287 g/mol. The summed E-state index contributed by atoms with van der Waals surface area (Å²) in [5, 5.41) is 0. The second kappa shape index (κ2) is 5.35. The Labute approximate surface area is 125 Å². The minimum absolute atomic E-state index is 0.000146. The van der Waals surface area contributed by atoms with Crippen LogP contribution in [0.15, 0.2) is 18.2 Å². The van der Waals surface area contributed by atoms with E-state index < -0.39 is 0 Å². The molecule has 0 saturated carbocycles. The highest BCUT2D eigenvalue weighted by Crippen LogP contribution is 2.48. The number of benzene rings is 1. The van der Waals surface area contributed by atoms with E-state index in [9.17, 15) is 9.59 Å². The van der Waals surface area contributed by atoms with Gasteiger partial charge in [-0.05, 0) is 43.9 Å². The van der Waals surface area contributed by atoms with Gasteiger partial charge in [0.05, 0.1) is 6.04 Å². The van der Waals surface area contributed by atoms with Crippen LogP contribution in [0.3, 0.4) is 0 Å². The van der Waals surface area contributed by atoms with Crippen LogP contribution in [0.4, 0.5) is 0 Å². The van der Waals surface area contributed by atoms with Gasteiger partial charge in [-0.1, -0.05) is 18.2 Å². The molecule has 0 radical (unpaired) electrons. The van der Waals surface area contributed by atoms with E-state index >= 15 is 0 Å². The SMILES string of the molecule is CC(=O)CCC(C(C)=O)N1Cc2c(C)cccc2C2OC21. The fourth-order valence-corrected chi connectivity index (χ4v) is 3.29. The first-order valence-electron chi connectivity index (χ1n) is 7.48. The van der Waals surface area contributed by atoms with E-state index in [-0.39, 0.29) is 29.9 Å². The van der Waals surface area contributed by atoms with Crippen LogP contribution in [0.5, 0.6) is 0 Å². The largest absolute Gasteiger partial charge is 0.348 e. The van der Waals surface area contributed by atoms with Crippen LogP contribution in [0.25, 0.3) is 0 Å². The summed E-state index contributed by atoms with van der Waals surface area (Å²) in [6.07, 6.45) is 1.12. The Hall–Kier alpha value is -1.52. The fraction of sp³-hybridized carbons (Fsp3) is 0.529. The molecule has 1 aromatic carbocycles. The highest BCUT2D eigenvalue weighted by Gasteiger charge is 2.52. The van der Waals surface area contributed by atoms with Gasteiger partial charge in [0.1, 0.15) is 23.9 Å². The molecule has 0 aromatic heterocycles. The van der Waals surface area contributed by atoms with Gasteiger partial charge in [-0.2, -0.15) is 0 Å². The van der Waals surface area contributed by atoms with Crippen molar-refractivity contribution in [2.75, 3.05) is 0 Å². The molecule has 1 saturated heterocycles. The van der Waals surface area contributed by atoms with Crippen molar-refractivity contribution in [3.63, 3.8) is 0 Å². The number of fused-ring (bicyclic) bond motifs is 3. The lowest BCUT2D eigenvalue weighted by atomic mass is 9.93. The third-order valence-corrected chi connectivity index (χ3v) is 4.53. The van der Waals surface area contributed by atoms with E-state index in [1.165, 1.54) is 16.7 Å². The molecule has 0 N–H and O–H groups in total. The normalized spacial score (nSPS) is 24.9. The van der Waals surface area contributed by atoms with Crippen LogP contribution < -0.4 is 0 Å². The standard InChI is InChI=1S/C17H21NO3/c1-10-5-4-6-13-14(10)9-18(17-16(13)21-17)15(12(3)20)8-7-11(2)19/h4-6,15-17H,7-9H2,1-3H3. The van der Waals surface area contributed by atoms with Crippen molar-refractivity contribution in [2.24, 2.45) is 0 Å². The van der Waals surface area contributed by atoms with Crippen molar-refractivity contribution >= 4 is 11.6 Å². The molecule has 4 nitrogen and oxygen atoms in total. The second-order valence-electron chi connectivity index (χ2n) is 6.13. The van der Waals surface area contributed by atoms with Gasteiger partial charge >= 0.3 is 0 Å². The molecule has 3 atom stereocenters. The molecule has 2 aliphatic rings. The first-order chi connectivity index (χ1) is 9.99. The van der Waals surface area contributed by atoms with E-state index in [1.54, 1.807) is 13.8 Å². The summed E-state index contributed by atoms with van der Waals surface area (Å²) in [6.45, 7) is 6.00. The predicted octanol–water partition coefficient (Wildman–Crippen LogP) is 2.53. The molecule has 4 heteroatoms. The molecule has 0 amide bonds. The van der Waals surface area contributed by atoms with Gasteiger partial charge in [0.15, 0.2) is 0 Å². The highest BCUT2D eigenvalue weighted by atomic mass is 16.6. The van der Waals surface area contributed by atoms with Gasteiger partial charge in [-0.3, -0.25) is 9.69 Å². The molecule has 0 spiro atoms. The average Bonchev–Trinajstić information content (AvgIpc) is 3.19. The number of epoxide rings is 1. The number of hydrogen-bond donors (Lipinski definition) is 0. The topological polar surface area (TPSA) is 49.9 Å². The van der Waals surface area contributed by atoms with E-state index in [4.69, 9.17) is 4.74 Å². The van der Waals surface area contributed by atoms with Gasteiger partial charge in [0.25, 0.3) is 0 Å². The maximum Gasteiger partial charge on any atom is 0.147 e. The number of carbonyl (C=O) groups is 2. The zero-order chi connectivity index (χ0) is 15.1. The molecule has 2 aliphatic heterocycles. The molecule has 1 aromatic rings. The van der Waals surface area contributed by atoms with Gasteiger partial charge in [0.2, 0.25) is 0 Å². The number of rotatable bonds is 5. The molecule has 2 heterocycles. The number of ketones is 2. The van der Waals surface area contributed by atoms with Crippen LogP contribution in [0, 0.1) is 6.92 Å². The Morgan fingerprint density at radius 2 is 2.14 bits per heavy atom. The Morgan fingerprint density at radius 1 is 1.38 bits per heavy atom. The fourth-order valence-electron chi connectivity index (χ4n) is 3.29. The van der Waals surface area contributed by atoms with E-state index in [0.29, 0.717) is 12.8 Å². The Bertz CT molecular complexity index is 596. The maximum atomic E-state index is 12.0. The number of hydrogen-bond acceptors (Lipinski definition) is 4. The summed E-state index contributed by atoms with van der Waals surface area (Å²) >= 11 is 0. The van der Waals surface area contributed by atoms with E-state index in [1.807, 2.05) is 0 Å². The molecular weight excluding hydrogens is 266 g/mol. The Balaban J connectivity index is 1.85. The molecule has 21 heavy (non-hydrogen) atoms. The summed E-state index contributed by atoms with van der Waals surface area (Å²) in [5.41, 5.74) is 3.76. The smallest absolute Gasteiger partial charge is 0.147 e. The van der Waals surface area contributed by atoms with Crippen molar-refractivity contribution in [3.05, 3.63) is 34.9 Å². The minimum Gasteiger partial charge on any atom is -0.348 e. The maximum absolute atomic E-state index is 12.0. The van der Waals surface area contributed by atoms with Crippen LogP contribution >= 0.6 is 0 Å². The zero-order valence-electron chi connectivity index (χ0n) is 12.8. The van der Waals surface area contributed by atoms with Crippen LogP contribution in [-0.4, -0.2) is 28.7 Å². The van der Waals surface area contributed by atoms with Crippen LogP contribution in [0.2, 0.25) is 0 Å². The van der Waals surface area contributed by atoms with Crippen molar-refractivity contribution in [2.45, 2.75) is 58.5 Å². The summed E-state index contributed by atoms with van der Waals surface area (Å²) in [6, 6.07) is 6.04. The third kappa shape index (κ3) is 2.65. The summed E-state index contributed by atoms with van der Waals surface area (Å²) in [4.78, 5) is 25.4. The first kappa shape index (κ1) is 14.4. The monoisotopic (exact) mass is 287 g/mol. The minimum atomic E-state index is -0.225. The Morgan fingerprint density at radius 3 is 2.81 bits per heavy atom. The highest BCUT2D eigenvalue weighted by molar-refractivity contribution is 5.83. The third-order valence-electron chi connectivity index (χ3n) is 4.53. The number of nitrogens with zero attached hydrogens (tertiary/aromatic N) is 1. The number of carbonyl (C=O) groups excluding carboxylic acids is 2. The lowest BCUT2D eigenvalue weighted by Gasteiger charge is -2.32. The number of aryl methyl sites for hydroxylation is 1. The predicted molar refractivity (Wildman–Crippen MR) is 78.7 cm³/mol. The van der Waals surface area contributed by atoms with Crippen LogP contribution in [0.1, 0.15) is 49.5 Å². The van der Waals surface area contributed by atoms with Crippen molar-refractivity contribution in [3.8, 4) is 0 Å². The lowest BCUT2D eigenvalue weighted by Crippen LogP contribution is -2.44. The quantitative estimate of drug-likeness (QED) is 0.781. The van der Waals surface area contributed by atoms with Gasteiger partial charge in [-0.15, -0.1) is 0 Å².